The fourth-order valence-corrected chi connectivity index (χ4v) is 10.6. The average Bonchev–Trinajstić information content (AvgIpc) is 3.72. The Morgan fingerprint density at radius 2 is 1.00 bits per heavy atom. The van der Waals surface area contributed by atoms with Crippen molar-refractivity contribution in [3.63, 3.8) is 0 Å². The number of hydrogen-bond acceptors (Lipinski definition) is 8. The SMILES string of the molecule is COc1ccc(C(=O)O)cc1-c1ccc([C@@H]2C[C@]23CCN(C(=O)[C@H]2CCCO2)C3)cc1.COc1ccc(C(=O)O)cc1-c1ccc([C@H]2C[C@]23CCN(C(=O)[C@H]2CCCO2)C3)cc1. The van der Waals surface area contributed by atoms with Crippen molar-refractivity contribution < 1.29 is 48.3 Å². The van der Waals surface area contributed by atoms with Gasteiger partial charge in [-0.25, -0.2) is 9.59 Å². The first-order valence-electron chi connectivity index (χ1n) is 21.9. The lowest BCUT2D eigenvalue weighted by atomic mass is 9.95. The standard InChI is InChI=1S/2C25H27NO5/c2*1-30-21-9-8-18(24(28)29)13-19(21)16-4-6-17(7-5-16)20-14-25(20)10-11-26(15-25)23(27)22-3-2-12-31-22/h2*4-9,13,20,22H,2-3,10-12,14-15H2,1H3,(H,28,29)/t20-,22+,25-;20-,22-,25+/m01/s1. The Labute approximate surface area is 361 Å². The molecule has 12 nitrogen and oxygen atoms in total. The maximum Gasteiger partial charge on any atom is 0.335 e. The second-order valence-corrected chi connectivity index (χ2v) is 17.9. The molecule has 6 atom stereocenters. The molecule has 10 rings (SSSR count). The number of hydrogen-bond donors (Lipinski definition) is 2. The summed E-state index contributed by atoms with van der Waals surface area (Å²) >= 11 is 0. The molecule has 4 aromatic carbocycles. The van der Waals surface area contributed by atoms with Crippen LogP contribution in [0.3, 0.4) is 0 Å². The molecule has 2 aliphatic carbocycles. The normalized spacial score (nSPS) is 26.9. The van der Waals surface area contributed by atoms with Gasteiger partial charge in [0.25, 0.3) is 11.8 Å². The van der Waals surface area contributed by atoms with E-state index in [9.17, 15) is 29.4 Å². The van der Waals surface area contributed by atoms with Gasteiger partial charge in [-0.2, -0.15) is 0 Å². The molecule has 4 aromatic rings. The van der Waals surface area contributed by atoms with Gasteiger partial charge in [0.2, 0.25) is 0 Å². The Morgan fingerprint density at radius 1 is 0.597 bits per heavy atom. The zero-order valence-electron chi connectivity index (χ0n) is 35.3. The van der Waals surface area contributed by atoms with Gasteiger partial charge in [0.1, 0.15) is 23.7 Å². The summed E-state index contributed by atoms with van der Waals surface area (Å²) in [5, 5.41) is 18.6. The van der Waals surface area contributed by atoms with Crippen LogP contribution in [0.5, 0.6) is 11.5 Å². The predicted octanol–water partition coefficient (Wildman–Crippen LogP) is 7.89. The van der Waals surface area contributed by atoms with E-state index in [1.54, 1.807) is 50.6 Å². The Hall–Kier alpha value is -5.72. The van der Waals surface area contributed by atoms with E-state index in [1.807, 2.05) is 34.1 Å². The minimum Gasteiger partial charge on any atom is -0.496 e. The van der Waals surface area contributed by atoms with E-state index in [0.29, 0.717) is 36.5 Å². The van der Waals surface area contributed by atoms with Gasteiger partial charge in [0.15, 0.2) is 0 Å². The summed E-state index contributed by atoms with van der Waals surface area (Å²) in [6.45, 7) is 4.70. The third kappa shape index (κ3) is 8.06. The molecule has 2 N–H and O–H groups in total. The fourth-order valence-electron chi connectivity index (χ4n) is 10.6. The zero-order valence-corrected chi connectivity index (χ0v) is 35.3. The van der Waals surface area contributed by atoms with Gasteiger partial charge in [-0.1, -0.05) is 48.5 Å². The predicted molar refractivity (Wildman–Crippen MR) is 231 cm³/mol. The van der Waals surface area contributed by atoms with Crippen molar-refractivity contribution in [1.29, 1.82) is 0 Å². The molecule has 6 fully saturated rings. The van der Waals surface area contributed by atoms with Gasteiger partial charge in [-0.15, -0.1) is 0 Å². The molecule has 4 saturated heterocycles. The number of rotatable bonds is 10. The first-order chi connectivity index (χ1) is 30.0. The number of amides is 2. The van der Waals surface area contributed by atoms with Crippen molar-refractivity contribution in [3.05, 3.63) is 107 Å². The molecule has 6 aliphatic rings. The molecule has 324 valence electrons. The van der Waals surface area contributed by atoms with Crippen LogP contribution in [0.2, 0.25) is 0 Å². The van der Waals surface area contributed by atoms with Crippen molar-refractivity contribution in [2.75, 3.05) is 53.6 Å². The Balaban J connectivity index is 0.000000158. The summed E-state index contributed by atoms with van der Waals surface area (Å²) in [4.78, 5) is 52.1. The molecule has 2 amide bonds. The first-order valence-corrected chi connectivity index (χ1v) is 21.9. The van der Waals surface area contributed by atoms with Crippen LogP contribution in [-0.4, -0.2) is 110 Å². The lowest BCUT2D eigenvalue weighted by Gasteiger charge is -2.20. The molecule has 2 saturated carbocycles. The van der Waals surface area contributed by atoms with Gasteiger partial charge in [-0.05, 0) is 133 Å². The lowest BCUT2D eigenvalue weighted by molar-refractivity contribution is -0.140. The van der Waals surface area contributed by atoms with Crippen LogP contribution in [0, 0.1) is 10.8 Å². The number of carboxylic acids is 2. The number of carbonyl (C=O) groups excluding carboxylic acids is 2. The van der Waals surface area contributed by atoms with Gasteiger partial charge in [-0.3, -0.25) is 9.59 Å². The first kappa shape index (κ1) is 41.6. The van der Waals surface area contributed by atoms with E-state index in [4.69, 9.17) is 18.9 Å². The van der Waals surface area contributed by atoms with Crippen LogP contribution in [0.15, 0.2) is 84.9 Å². The summed E-state index contributed by atoms with van der Waals surface area (Å²) in [5.74, 6) is 0.667. The number of carbonyl (C=O) groups is 4. The fraction of sp³-hybridized carbons (Fsp3) is 0.440. The highest BCUT2D eigenvalue weighted by Crippen LogP contribution is 2.65. The average molecular weight is 843 g/mol. The molecule has 4 heterocycles. The van der Waals surface area contributed by atoms with Gasteiger partial charge in [0.05, 0.1) is 25.3 Å². The molecule has 2 spiro atoms. The maximum atomic E-state index is 12.7. The monoisotopic (exact) mass is 842 g/mol. The number of methoxy groups -OCH3 is 2. The molecule has 62 heavy (non-hydrogen) atoms. The molecule has 0 bridgehead atoms. The van der Waals surface area contributed by atoms with Crippen molar-refractivity contribution in [2.45, 2.75) is 75.4 Å². The molecule has 0 unspecified atom stereocenters. The van der Waals surface area contributed by atoms with Crippen LogP contribution in [-0.2, 0) is 19.1 Å². The number of likely N-dealkylation sites (tertiary alicyclic amines) is 2. The van der Waals surface area contributed by atoms with Crippen LogP contribution in [0.1, 0.15) is 95.0 Å². The van der Waals surface area contributed by atoms with E-state index < -0.39 is 11.9 Å². The molecule has 0 aromatic heterocycles. The summed E-state index contributed by atoms with van der Waals surface area (Å²) < 4.78 is 22.0. The Morgan fingerprint density at radius 3 is 1.34 bits per heavy atom. The van der Waals surface area contributed by atoms with Crippen molar-refractivity contribution in [2.24, 2.45) is 10.8 Å². The third-order valence-corrected chi connectivity index (χ3v) is 14.3. The van der Waals surface area contributed by atoms with E-state index in [2.05, 4.69) is 24.3 Å². The van der Waals surface area contributed by atoms with Crippen LogP contribution < -0.4 is 9.47 Å². The summed E-state index contributed by atoms with van der Waals surface area (Å²) in [6.07, 6.45) is 7.50. The molecule has 12 heteroatoms. The van der Waals surface area contributed by atoms with Crippen LogP contribution in [0.25, 0.3) is 22.3 Å². The van der Waals surface area contributed by atoms with Crippen molar-refractivity contribution in [1.82, 2.24) is 9.80 Å². The minimum absolute atomic E-state index is 0.167. The van der Waals surface area contributed by atoms with E-state index in [-0.39, 0.29) is 46.0 Å². The van der Waals surface area contributed by atoms with Crippen LogP contribution >= 0.6 is 0 Å². The smallest absolute Gasteiger partial charge is 0.335 e. The minimum atomic E-state index is -0.955. The van der Waals surface area contributed by atoms with E-state index in [0.717, 1.165) is 99.8 Å². The highest BCUT2D eigenvalue weighted by molar-refractivity contribution is 5.91. The number of nitrogens with zero attached hydrogens (tertiary/aromatic N) is 2. The Bertz CT molecular complexity index is 2190. The second kappa shape index (κ2) is 16.9. The van der Waals surface area contributed by atoms with E-state index in [1.165, 1.54) is 11.1 Å². The topological polar surface area (TPSA) is 152 Å². The van der Waals surface area contributed by atoms with Gasteiger partial charge < -0.3 is 39.0 Å². The van der Waals surface area contributed by atoms with Crippen molar-refractivity contribution in [3.8, 4) is 33.8 Å². The maximum absolute atomic E-state index is 12.7. The molecular formula is C50H54N2O10. The summed E-state index contributed by atoms with van der Waals surface area (Å²) in [5.41, 5.74) is 6.85. The highest BCUT2D eigenvalue weighted by Gasteiger charge is 2.60. The van der Waals surface area contributed by atoms with Crippen LogP contribution in [0.4, 0.5) is 0 Å². The summed E-state index contributed by atoms with van der Waals surface area (Å²) in [6, 6.07) is 26.5. The highest BCUT2D eigenvalue weighted by atomic mass is 16.5. The van der Waals surface area contributed by atoms with Crippen molar-refractivity contribution >= 4 is 23.8 Å². The summed E-state index contributed by atoms with van der Waals surface area (Å²) in [7, 11) is 3.18. The second-order valence-electron chi connectivity index (χ2n) is 17.9. The molecule has 4 aliphatic heterocycles. The van der Waals surface area contributed by atoms with E-state index >= 15 is 0 Å². The number of ether oxygens (including phenoxy) is 4. The molecule has 0 radical (unpaired) electrons. The number of aromatic carboxylic acids is 2. The van der Waals surface area contributed by atoms with Gasteiger partial charge in [0, 0.05) is 50.5 Å². The van der Waals surface area contributed by atoms with Gasteiger partial charge >= 0.3 is 11.9 Å². The number of carboxylic acid groups (broad SMARTS) is 2. The lowest BCUT2D eigenvalue weighted by Crippen LogP contribution is -2.37. The third-order valence-electron chi connectivity index (χ3n) is 14.3. The zero-order chi connectivity index (χ0) is 43.2. The number of benzene rings is 4. The molecular weight excluding hydrogens is 789 g/mol. The quantitative estimate of drug-likeness (QED) is 0.161. The Kier molecular flexibility index (Phi) is 11.3. The largest absolute Gasteiger partial charge is 0.496 e.